The van der Waals surface area contributed by atoms with Gasteiger partial charge in [0.15, 0.2) is 0 Å². The zero-order valence-electron chi connectivity index (χ0n) is 12.1. The second-order valence-electron chi connectivity index (χ2n) is 4.62. The lowest BCUT2D eigenvalue weighted by Crippen LogP contribution is -2.26. The van der Waals surface area contributed by atoms with Crippen LogP contribution in [0.25, 0.3) is 4.96 Å². The van der Waals surface area contributed by atoms with Gasteiger partial charge in [-0.3, -0.25) is 0 Å². The third-order valence-electron chi connectivity index (χ3n) is 3.18. The van der Waals surface area contributed by atoms with Gasteiger partial charge in [-0.1, -0.05) is 11.6 Å². The van der Waals surface area contributed by atoms with Crippen LogP contribution in [0, 0.1) is 0 Å². The van der Waals surface area contributed by atoms with Gasteiger partial charge in [-0.15, -0.1) is 11.3 Å². The fourth-order valence-corrected chi connectivity index (χ4v) is 4.39. The molecule has 0 aliphatic heterocycles. The topological polar surface area (TPSA) is 85.6 Å². The number of methoxy groups -OCH3 is 1. The predicted octanol–water partition coefficient (Wildman–Crippen LogP) is 1.97. The van der Waals surface area contributed by atoms with E-state index in [9.17, 15) is 8.42 Å². The predicted molar refractivity (Wildman–Crippen MR) is 87.8 cm³/mol. The van der Waals surface area contributed by atoms with E-state index in [1.807, 2.05) is 5.38 Å². The normalized spacial score (nSPS) is 11.9. The van der Waals surface area contributed by atoms with E-state index < -0.39 is 10.0 Å². The molecule has 0 aliphatic rings. The highest BCUT2D eigenvalue weighted by Gasteiger charge is 2.19. The second-order valence-corrected chi connectivity index (χ2v) is 7.63. The smallest absolute Gasteiger partial charge is 0.244 e. The summed E-state index contributed by atoms with van der Waals surface area (Å²) in [7, 11) is -2.31. The average molecular weight is 373 g/mol. The van der Waals surface area contributed by atoms with Crippen LogP contribution >= 0.6 is 22.9 Å². The Morgan fingerprint density at radius 2 is 2.26 bits per heavy atom. The minimum Gasteiger partial charge on any atom is -0.495 e. The number of ether oxygens (including phenoxy) is 1. The fourth-order valence-electron chi connectivity index (χ4n) is 2.10. The van der Waals surface area contributed by atoms with Gasteiger partial charge in [0.1, 0.15) is 17.0 Å². The van der Waals surface area contributed by atoms with Crippen LogP contribution < -0.4 is 9.46 Å². The summed E-state index contributed by atoms with van der Waals surface area (Å²) in [6.45, 7) is 0.226. The zero-order valence-corrected chi connectivity index (χ0v) is 14.5. The average Bonchev–Trinajstić information content (AvgIpc) is 3.12. The first-order chi connectivity index (χ1) is 11.0. The molecule has 2 heterocycles. The molecule has 1 N–H and O–H groups in total. The molecular weight excluding hydrogens is 360 g/mol. The van der Waals surface area contributed by atoms with Crippen LogP contribution in [0.15, 0.2) is 34.8 Å². The van der Waals surface area contributed by atoms with E-state index >= 15 is 0 Å². The molecule has 122 valence electrons. The van der Waals surface area contributed by atoms with Crippen LogP contribution in [0.5, 0.6) is 5.75 Å². The number of halogens is 1. The molecule has 0 spiro atoms. The summed E-state index contributed by atoms with van der Waals surface area (Å²) in [4.78, 5) is 4.87. The highest BCUT2D eigenvalue weighted by molar-refractivity contribution is 7.89. The fraction of sp³-hybridized carbons (Fsp3) is 0.231. The number of benzene rings is 1. The zero-order chi connectivity index (χ0) is 16.4. The first-order valence-corrected chi connectivity index (χ1v) is 9.34. The number of sulfonamides is 1. The van der Waals surface area contributed by atoms with Crippen molar-refractivity contribution in [3.63, 3.8) is 0 Å². The summed E-state index contributed by atoms with van der Waals surface area (Å²) in [5, 5.41) is 6.33. The first kappa shape index (κ1) is 16.2. The Hall–Kier alpha value is -1.68. The molecule has 23 heavy (non-hydrogen) atoms. The molecular formula is C13H13ClN4O3S2. The van der Waals surface area contributed by atoms with Gasteiger partial charge in [-0.2, -0.15) is 5.10 Å². The van der Waals surface area contributed by atoms with Crippen molar-refractivity contribution < 1.29 is 13.2 Å². The monoisotopic (exact) mass is 372 g/mol. The Kier molecular flexibility index (Phi) is 4.53. The summed E-state index contributed by atoms with van der Waals surface area (Å²) in [6.07, 6.45) is 1.96. The molecule has 7 nitrogen and oxygen atoms in total. The lowest BCUT2D eigenvalue weighted by molar-refractivity contribution is 0.402. The third-order valence-corrected chi connectivity index (χ3v) is 5.77. The lowest BCUT2D eigenvalue weighted by Gasteiger charge is -2.10. The summed E-state index contributed by atoms with van der Waals surface area (Å²) >= 11 is 7.34. The Labute approximate surface area is 141 Å². The first-order valence-electron chi connectivity index (χ1n) is 6.60. The van der Waals surface area contributed by atoms with Gasteiger partial charge in [0.05, 0.1) is 12.8 Å². The van der Waals surface area contributed by atoms with Crippen LogP contribution in [0.2, 0.25) is 5.02 Å². The molecule has 0 amide bonds. The summed E-state index contributed by atoms with van der Waals surface area (Å²) < 4.78 is 34.2. The number of hydrogen-bond donors (Lipinski definition) is 1. The minimum atomic E-state index is -3.72. The van der Waals surface area contributed by atoms with Gasteiger partial charge in [0.25, 0.3) is 0 Å². The molecule has 0 aliphatic carbocycles. The van der Waals surface area contributed by atoms with Gasteiger partial charge in [0, 0.05) is 23.4 Å². The quantitative estimate of drug-likeness (QED) is 0.715. The molecule has 0 saturated carbocycles. The van der Waals surface area contributed by atoms with Crippen molar-refractivity contribution in [3.05, 3.63) is 40.6 Å². The second kappa shape index (κ2) is 6.44. The van der Waals surface area contributed by atoms with Crippen LogP contribution in [-0.2, 0) is 16.4 Å². The Morgan fingerprint density at radius 3 is 3.04 bits per heavy atom. The molecule has 3 rings (SSSR count). The van der Waals surface area contributed by atoms with Crippen molar-refractivity contribution in [2.75, 3.05) is 13.7 Å². The largest absolute Gasteiger partial charge is 0.495 e. The van der Waals surface area contributed by atoms with E-state index in [-0.39, 0.29) is 17.2 Å². The van der Waals surface area contributed by atoms with Crippen LogP contribution in [-0.4, -0.2) is 36.7 Å². The van der Waals surface area contributed by atoms with E-state index in [4.69, 9.17) is 16.3 Å². The summed E-state index contributed by atoms with van der Waals surface area (Å²) in [5.41, 5.74) is 0.892. The van der Waals surface area contributed by atoms with Gasteiger partial charge >= 0.3 is 0 Å². The van der Waals surface area contributed by atoms with Gasteiger partial charge in [0.2, 0.25) is 15.0 Å². The maximum Gasteiger partial charge on any atom is 0.244 e. The van der Waals surface area contributed by atoms with Crippen molar-refractivity contribution in [3.8, 4) is 5.75 Å². The maximum absolute atomic E-state index is 12.4. The van der Waals surface area contributed by atoms with Gasteiger partial charge < -0.3 is 4.74 Å². The number of aromatic nitrogens is 3. The Balaban J connectivity index is 1.74. The van der Waals surface area contributed by atoms with Crippen LogP contribution in [0.1, 0.15) is 5.69 Å². The van der Waals surface area contributed by atoms with Crippen LogP contribution in [0.4, 0.5) is 0 Å². The molecule has 0 radical (unpaired) electrons. The highest BCUT2D eigenvalue weighted by atomic mass is 35.5. The van der Waals surface area contributed by atoms with E-state index in [0.717, 1.165) is 10.7 Å². The molecule has 1 aromatic carbocycles. The minimum absolute atomic E-state index is 0.0173. The molecule has 10 heteroatoms. The Morgan fingerprint density at radius 1 is 1.43 bits per heavy atom. The van der Waals surface area contributed by atoms with Crippen molar-refractivity contribution in [2.24, 2.45) is 0 Å². The van der Waals surface area contributed by atoms with Crippen molar-refractivity contribution in [2.45, 2.75) is 11.3 Å². The summed E-state index contributed by atoms with van der Waals surface area (Å²) in [6, 6.07) is 4.46. The number of nitrogens with zero attached hydrogens (tertiary/aromatic N) is 3. The number of hydrogen-bond acceptors (Lipinski definition) is 6. The Bertz CT molecular complexity index is 936. The van der Waals surface area contributed by atoms with Crippen molar-refractivity contribution in [1.82, 2.24) is 19.3 Å². The number of fused-ring (bicyclic) bond motifs is 1. The van der Waals surface area contributed by atoms with Gasteiger partial charge in [-0.05, 0) is 18.2 Å². The van der Waals surface area contributed by atoms with Gasteiger partial charge in [-0.25, -0.2) is 22.6 Å². The molecule has 0 atom stereocenters. The summed E-state index contributed by atoms with van der Waals surface area (Å²) in [5.74, 6) is 0.246. The number of thiazole rings is 1. The number of rotatable bonds is 6. The molecule has 0 unspecified atom stereocenters. The van der Waals surface area contributed by atoms with E-state index in [1.54, 1.807) is 10.6 Å². The van der Waals surface area contributed by atoms with Crippen LogP contribution in [0.3, 0.4) is 0 Å². The molecule has 3 aromatic rings. The molecule has 0 bridgehead atoms. The maximum atomic E-state index is 12.4. The van der Waals surface area contributed by atoms with E-state index in [1.165, 1.54) is 36.9 Å². The third kappa shape index (κ3) is 3.32. The van der Waals surface area contributed by atoms with Crippen molar-refractivity contribution >= 4 is 37.9 Å². The molecule has 0 saturated heterocycles. The highest BCUT2D eigenvalue weighted by Crippen LogP contribution is 2.26. The van der Waals surface area contributed by atoms with Crippen molar-refractivity contribution in [1.29, 1.82) is 0 Å². The standard InChI is InChI=1S/C13H13ClN4O3S2/c1-21-11-3-2-9(14)6-12(11)23(19,20)17-5-4-10-7-22-13-15-8-16-18(10)13/h2-3,6-8,17H,4-5H2,1H3. The number of nitrogens with one attached hydrogen (secondary N) is 1. The lowest BCUT2D eigenvalue weighted by atomic mass is 10.3. The molecule has 2 aromatic heterocycles. The molecule has 0 fully saturated rings. The van der Waals surface area contributed by atoms with E-state index in [2.05, 4.69) is 14.8 Å². The SMILES string of the molecule is COc1ccc(Cl)cc1S(=O)(=O)NCCc1csc2ncnn12. The van der Waals surface area contributed by atoms with E-state index in [0.29, 0.717) is 11.4 Å².